The predicted molar refractivity (Wildman–Crippen MR) is 66.3 cm³/mol. The molecule has 1 N–H and O–H groups in total. The van der Waals surface area contributed by atoms with Crippen LogP contribution in [0.15, 0.2) is 0 Å². The Hall–Kier alpha value is -0.810. The predicted octanol–water partition coefficient (Wildman–Crippen LogP) is 1.25. The standard InChI is InChI=1S/C13H23NO4/c1-12(2,3)18-11(16)14-5-4-13(8-17-9-13)10(6-14)7-15/h10,15H,4-9H2,1-3H3. The second-order valence-electron chi connectivity index (χ2n) is 6.41. The first-order chi connectivity index (χ1) is 8.36. The van der Waals surface area contributed by atoms with Crippen LogP contribution in [0.3, 0.4) is 0 Å². The lowest BCUT2D eigenvalue weighted by Gasteiger charge is -2.52. The van der Waals surface area contributed by atoms with Crippen LogP contribution in [-0.4, -0.2) is 54.6 Å². The number of piperidine rings is 1. The number of carbonyl (C=O) groups excluding carboxylic acids is 1. The van der Waals surface area contributed by atoms with Crippen molar-refractivity contribution < 1.29 is 19.4 Å². The first-order valence-corrected chi connectivity index (χ1v) is 6.53. The summed E-state index contributed by atoms with van der Waals surface area (Å²) < 4.78 is 10.6. The first-order valence-electron chi connectivity index (χ1n) is 6.53. The van der Waals surface area contributed by atoms with Gasteiger partial charge in [-0.3, -0.25) is 0 Å². The molecule has 1 unspecified atom stereocenters. The van der Waals surface area contributed by atoms with Gasteiger partial charge in [0, 0.05) is 31.0 Å². The highest BCUT2D eigenvalue weighted by atomic mass is 16.6. The summed E-state index contributed by atoms with van der Waals surface area (Å²) >= 11 is 0. The van der Waals surface area contributed by atoms with Crippen LogP contribution < -0.4 is 0 Å². The number of aliphatic hydroxyl groups is 1. The van der Waals surface area contributed by atoms with Gasteiger partial charge in [0.2, 0.25) is 0 Å². The fourth-order valence-electron chi connectivity index (χ4n) is 2.60. The van der Waals surface area contributed by atoms with Gasteiger partial charge in [0.1, 0.15) is 5.60 Å². The van der Waals surface area contributed by atoms with Crippen LogP contribution in [-0.2, 0) is 9.47 Å². The Morgan fingerprint density at radius 1 is 1.50 bits per heavy atom. The minimum absolute atomic E-state index is 0.0905. The summed E-state index contributed by atoms with van der Waals surface area (Å²) in [6, 6.07) is 0. The summed E-state index contributed by atoms with van der Waals surface area (Å²) in [5.74, 6) is 0.104. The van der Waals surface area contributed by atoms with Crippen molar-refractivity contribution in [1.82, 2.24) is 4.90 Å². The van der Waals surface area contributed by atoms with Crippen molar-refractivity contribution in [2.24, 2.45) is 11.3 Å². The fourth-order valence-corrected chi connectivity index (χ4v) is 2.60. The highest BCUT2D eigenvalue weighted by molar-refractivity contribution is 5.68. The summed E-state index contributed by atoms with van der Waals surface area (Å²) in [5.41, 5.74) is -0.381. The Bertz CT molecular complexity index is 319. The van der Waals surface area contributed by atoms with E-state index >= 15 is 0 Å². The lowest BCUT2D eigenvalue weighted by atomic mass is 9.69. The molecular formula is C13H23NO4. The molecular weight excluding hydrogens is 234 g/mol. The zero-order valence-corrected chi connectivity index (χ0v) is 11.4. The van der Waals surface area contributed by atoms with Crippen LogP contribution in [0.5, 0.6) is 0 Å². The van der Waals surface area contributed by atoms with Gasteiger partial charge in [-0.15, -0.1) is 0 Å². The number of amides is 1. The largest absolute Gasteiger partial charge is 0.444 e. The summed E-state index contributed by atoms with van der Waals surface area (Å²) in [7, 11) is 0. The molecule has 0 aromatic carbocycles. The van der Waals surface area contributed by atoms with E-state index in [0.29, 0.717) is 26.3 Å². The Labute approximate surface area is 108 Å². The molecule has 5 nitrogen and oxygen atoms in total. The molecule has 2 heterocycles. The van der Waals surface area contributed by atoms with Gasteiger partial charge in [-0.25, -0.2) is 4.79 Å². The van der Waals surface area contributed by atoms with Gasteiger partial charge in [0.25, 0.3) is 0 Å². The van der Waals surface area contributed by atoms with Crippen LogP contribution in [0, 0.1) is 11.3 Å². The number of rotatable bonds is 1. The van der Waals surface area contributed by atoms with Crippen molar-refractivity contribution in [3.8, 4) is 0 Å². The van der Waals surface area contributed by atoms with Crippen molar-refractivity contribution in [3.63, 3.8) is 0 Å². The summed E-state index contributed by atoms with van der Waals surface area (Å²) in [6.07, 6.45) is 0.605. The van der Waals surface area contributed by atoms with Gasteiger partial charge < -0.3 is 19.5 Å². The average Bonchev–Trinajstić information content (AvgIpc) is 2.23. The molecule has 1 amide bonds. The molecule has 104 valence electrons. The van der Waals surface area contributed by atoms with Gasteiger partial charge in [0.15, 0.2) is 0 Å². The lowest BCUT2D eigenvalue weighted by Crippen LogP contribution is -2.59. The Kier molecular flexibility index (Phi) is 3.56. The Balaban J connectivity index is 1.95. The number of nitrogens with zero attached hydrogens (tertiary/aromatic N) is 1. The van der Waals surface area contributed by atoms with Gasteiger partial charge in [-0.05, 0) is 27.2 Å². The summed E-state index contributed by atoms with van der Waals surface area (Å²) in [6.45, 7) is 8.35. The van der Waals surface area contributed by atoms with E-state index in [1.54, 1.807) is 4.90 Å². The summed E-state index contributed by atoms with van der Waals surface area (Å²) in [5, 5.41) is 9.49. The third-order valence-electron chi connectivity index (χ3n) is 3.84. The minimum atomic E-state index is -0.472. The highest BCUT2D eigenvalue weighted by Gasteiger charge is 2.49. The van der Waals surface area contributed by atoms with E-state index in [2.05, 4.69) is 0 Å². The molecule has 2 saturated heterocycles. The molecule has 5 heteroatoms. The second-order valence-corrected chi connectivity index (χ2v) is 6.41. The van der Waals surface area contributed by atoms with E-state index in [1.807, 2.05) is 20.8 Å². The van der Waals surface area contributed by atoms with Gasteiger partial charge in [0.05, 0.1) is 13.2 Å². The molecule has 2 fully saturated rings. The zero-order chi connectivity index (χ0) is 13.4. The number of ether oxygens (including phenoxy) is 2. The molecule has 1 spiro atoms. The van der Waals surface area contributed by atoms with Crippen molar-refractivity contribution in [2.45, 2.75) is 32.8 Å². The topological polar surface area (TPSA) is 59.0 Å². The van der Waals surface area contributed by atoms with Crippen LogP contribution >= 0.6 is 0 Å². The molecule has 1 atom stereocenters. The lowest BCUT2D eigenvalue weighted by molar-refractivity contribution is -0.178. The van der Waals surface area contributed by atoms with Crippen LogP contribution in [0.25, 0.3) is 0 Å². The van der Waals surface area contributed by atoms with Crippen molar-refractivity contribution in [1.29, 1.82) is 0 Å². The Morgan fingerprint density at radius 3 is 2.61 bits per heavy atom. The number of carbonyl (C=O) groups is 1. The molecule has 2 aliphatic rings. The van der Waals surface area contributed by atoms with Crippen LogP contribution in [0.4, 0.5) is 4.79 Å². The quantitative estimate of drug-likeness (QED) is 0.768. The van der Waals surface area contributed by atoms with Gasteiger partial charge in [-0.1, -0.05) is 0 Å². The molecule has 0 saturated carbocycles. The number of hydrogen-bond acceptors (Lipinski definition) is 4. The third kappa shape index (κ3) is 2.62. The van der Waals surface area contributed by atoms with Crippen molar-refractivity contribution in [2.75, 3.05) is 32.9 Å². The monoisotopic (exact) mass is 257 g/mol. The number of aliphatic hydroxyl groups excluding tert-OH is 1. The number of hydrogen-bond donors (Lipinski definition) is 1. The zero-order valence-electron chi connectivity index (χ0n) is 11.4. The normalized spacial score (nSPS) is 26.9. The van der Waals surface area contributed by atoms with E-state index in [4.69, 9.17) is 9.47 Å². The number of likely N-dealkylation sites (tertiary alicyclic amines) is 1. The molecule has 0 aromatic rings. The van der Waals surface area contributed by atoms with Crippen LogP contribution in [0.1, 0.15) is 27.2 Å². The van der Waals surface area contributed by atoms with E-state index in [9.17, 15) is 9.90 Å². The molecule has 0 aromatic heterocycles. The fraction of sp³-hybridized carbons (Fsp3) is 0.923. The molecule has 0 aliphatic carbocycles. The average molecular weight is 257 g/mol. The molecule has 2 aliphatic heterocycles. The van der Waals surface area contributed by atoms with E-state index in [1.165, 1.54) is 0 Å². The van der Waals surface area contributed by atoms with Crippen molar-refractivity contribution >= 4 is 6.09 Å². The minimum Gasteiger partial charge on any atom is -0.444 e. The van der Waals surface area contributed by atoms with Crippen molar-refractivity contribution in [3.05, 3.63) is 0 Å². The second kappa shape index (κ2) is 4.70. The summed E-state index contributed by atoms with van der Waals surface area (Å²) in [4.78, 5) is 13.7. The molecule has 18 heavy (non-hydrogen) atoms. The Morgan fingerprint density at radius 2 is 2.17 bits per heavy atom. The maximum atomic E-state index is 12.0. The maximum absolute atomic E-state index is 12.0. The third-order valence-corrected chi connectivity index (χ3v) is 3.84. The van der Waals surface area contributed by atoms with Crippen LogP contribution in [0.2, 0.25) is 0 Å². The van der Waals surface area contributed by atoms with Gasteiger partial charge in [-0.2, -0.15) is 0 Å². The molecule has 0 bridgehead atoms. The smallest absolute Gasteiger partial charge is 0.410 e. The first kappa shape index (κ1) is 13.6. The molecule has 2 rings (SSSR count). The van der Waals surface area contributed by atoms with Gasteiger partial charge >= 0.3 is 6.09 Å². The molecule has 0 radical (unpaired) electrons. The SMILES string of the molecule is CC(C)(C)OC(=O)N1CCC2(COC2)C(CO)C1. The van der Waals surface area contributed by atoms with E-state index in [-0.39, 0.29) is 24.0 Å². The van der Waals surface area contributed by atoms with E-state index in [0.717, 1.165) is 6.42 Å². The maximum Gasteiger partial charge on any atom is 0.410 e. The van der Waals surface area contributed by atoms with E-state index < -0.39 is 5.60 Å². The highest BCUT2D eigenvalue weighted by Crippen LogP contribution is 2.42.